The van der Waals surface area contributed by atoms with Gasteiger partial charge < -0.3 is 14.6 Å². The van der Waals surface area contributed by atoms with Crippen LogP contribution in [0.3, 0.4) is 0 Å². The Morgan fingerprint density at radius 3 is 2.75 bits per heavy atom. The molecule has 0 spiro atoms. The van der Waals surface area contributed by atoms with Crippen LogP contribution in [0.25, 0.3) is 10.9 Å². The molecule has 4 heteroatoms. The average Bonchev–Trinajstić information content (AvgIpc) is 2.73. The zero-order valence-electron chi connectivity index (χ0n) is 12.0. The van der Waals surface area contributed by atoms with Crippen molar-refractivity contribution in [3.8, 4) is 0 Å². The standard InChI is InChI=1S/C16H20N2O2/c1-3-8-16(20)10-18(11-16)15(19)13-9-17(2)14-7-5-4-6-12(13)14/h4-7,9,20H,3,8,10-11H2,1-2H3. The summed E-state index contributed by atoms with van der Waals surface area (Å²) in [6.45, 7) is 2.94. The third-order valence-corrected chi connectivity index (χ3v) is 4.10. The van der Waals surface area contributed by atoms with Gasteiger partial charge in [-0.05, 0) is 12.5 Å². The van der Waals surface area contributed by atoms with Gasteiger partial charge in [-0.2, -0.15) is 0 Å². The summed E-state index contributed by atoms with van der Waals surface area (Å²) in [5, 5.41) is 11.2. The van der Waals surface area contributed by atoms with Crippen LogP contribution in [0.15, 0.2) is 30.5 Å². The first-order valence-corrected chi connectivity index (χ1v) is 7.10. The SMILES string of the molecule is CCCC1(O)CN(C(=O)c2cn(C)c3ccccc23)C1. The normalized spacial score (nSPS) is 17.2. The van der Waals surface area contributed by atoms with E-state index in [-0.39, 0.29) is 5.91 Å². The highest BCUT2D eigenvalue weighted by Crippen LogP contribution is 2.29. The number of carbonyl (C=O) groups excluding carboxylic acids is 1. The molecule has 0 aliphatic carbocycles. The quantitative estimate of drug-likeness (QED) is 0.930. The lowest BCUT2D eigenvalue weighted by atomic mass is 9.89. The van der Waals surface area contributed by atoms with E-state index in [0.29, 0.717) is 13.1 Å². The number of nitrogens with zero attached hydrogens (tertiary/aromatic N) is 2. The number of hydrogen-bond acceptors (Lipinski definition) is 2. The molecule has 1 amide bonds. The van der Waals surface area contributed by atoms with Crippen LogP contribution < -0.4 is 0 Å². The Kier molecular flexibility index (Phi) is 3.05. The van der Waals surface area contributed by atoms with Gasteiger partial charge in [0.25, 0.3) is 5.91 Å². The predicted octanol–water partition coefficient (Wildman–Crippen LogP) is 2.17. The van der Waals surface area contributed by atoms with Crippen molar-refractivity contribution in [2.24, 2.45) is 7.05 Å². The van der Waals surface area contributed by atoms with Crippen LogP contribution in [0, 0.1) is 0 Å². The number of β-amino-alcohol motifs (C(OH)–C–C–N with tert-alkyl or cyclic N) is 1. The van der Waals surface area contributed by atoms with E-state index < -0.39 is 5.60 Å². The molecule has 1 fully saturated rings. The summed E-state index contributed by atoms with van der Waals surface area (Å²) in [6, 6.07) is 7.90. The summed E-state index contributed by atoms with van der Waals surface area (Å²) in [7, 11) is 1.95. The van der Waals surface area contributed by atoms with E-state index in [1.165, 1.54) is 0 Å². The van der Waals surface area contributed by atoms with Crippen molar-refractivity contribution >= 4 is 16.8 Å². The zero-order chi connectivity index (χ0) is 14.3. The first-order valence-electron chi connectivity index (χ1n) is 7.10. The number of aromatic nitrogens is 1. The van der Waals surface area contributed by atoms with Crippen LogP contribution in [0.1, 0.15) is 30.1 Å². The van der Waals surface area contributed by atoms with E-state index >= 15 is 0 Å². The van der Waals surface area contributed by atoms with Gasteiger partial charge in [0.2, 0.25) is 0 Å². The highest BCUT2D eigenvalue weighted by molar-refractivity contribution is 6.07. The minimum Gasteiger partial charge on any atom is -0.386 e. The molecular formula is C16H20N2O2. The van der Waals surface area contributed by atoms with Gasteiger partial charge in [0.15, 0.2) is 0 Å². The molecule has 0 radical (unpaired) electrons. The molecule has 0 bridgehead atoms. The van der Waals surface area contributed by atoms with Gasteiger partial charge >= 0.3 is 0 Å². The van der Waals surface area contributed by atoms with Crippen molar-refractivity contribution in [3.05, 3.63) is 36.0 Å². The van der Waals surface area contributed by atoms with Gasteiger partial charge in [0.1, 0.15) is 0 Å². The third kappa shape index (κ3) is 2.00. The monoisotopic (exact) mass is 272 g/mol. The van der Waals surface area contributed by atoms with Gasteiger partial charge in [-0.15, -0.1) is 0 Å². The van der Waals surface area contributed by atoms with E-state index in [9.17, 15) is 9.90 Å². The number of fused-ring (bicyclic) bond motifs is 1. The van der Waals surface area contributed by atoms with Crippen LogP contribution >= 0.6 is 0 Å². The Bertz CT molecular complexity index is 654. The molecule has 106 valence electrons. The lowest BCUT2D eigenvalue weighted by molar-refractivity contribution is -0.0859. The number of para-hydroxylation sites is 1. The topological polar surface area (TPSA) is 45.5 Å². The average molecular weight is 272 g/mol. The molecule has 0 saturated carbocycles. The van der Waals surface area contributed by atoms with Crippen LogP contribution in [-0.2, 0) is 7.05 Å². The molecule has 1 aromatic carbocycles. The van der Waals surface area contributed by atoms with Crippen LogP contribution in [0.2, 0.25) is 0 Å². The number of aliphatic hydroxyl groups is 1. The molecule has 4 nitrogen and oxygen atoms in total. The zero-order valence-corrected chi connectivity index (χ0v) is 12.0. The molecule has 1 saturated heterocycles. The van der Waals surface area contributed by atoms with Crippen molar-refractivity contribution in [3.63, 3.8) is 0 Å². The Morgan fingerprint density at radius 1 is 1.35 bits per heavy atom. The van der Waals surface area contributed by atoms with Crippen molar-refractivity contribution in [1.82, 2.24) is 9.47 Å². The van der Waals surface area contributed by atoms with Gasteiger partial charge in [0, 0.05) is 24.1 Å². The number of aryl methyl sites for hydroxylation is 1. The summed E-state index contributed by atoms with van der Waals surface area (Å²) in [5.74, 6) is 0.0163. The lowest BCUT2D eigenvalue weighted by Crippen LogP contribution is -2.63. The molecule has 1 aliphatic rings. The smallest absolute Gasteiger partial charge is 0.256 e. The van der Waals surface area contributed by atoms with Gasteiger partial charge in [0.05, 0.1) is 24.3 Å². The van der Waals surface area contributed by atoms with Crippen LogP contribution in [0.4, 0.5) is 0 Å². The summed E-state index contributed by atoms with van der Waals surface area (Å²) >= 11 is 0. The second-order valence-electron chi connectivity index (χ2n) is 5.81. The first-order chi connectivity index (χ1) is 9.54. The fourth-order valence-corrected chi connectivity index (χ4v) is 3.11. The van der Waals surface area contributed by atoms with Crippen molar-refractivity contribution < 1.29 is 9.90 Å². The minimum atomic E-state index is -0.672. The number of rotatable bonds is 3. The van der Waals surface area contributed by atoms with E-state index in [4.69, 9.17) is 0 Å². The summed E-state index contributed by atoms with van der Waals surface area (Å²) in [5.41, 5.74) is 1.11. The van der Waals surface area contributed by atoms with Crippen molar-refractivity contribution in [2.45, 2.75) is 25.4 Å². The van der Waals surface area contributed by atoms with Crippen molar-refractivity contribution in [1.29, 1.82) is 0 Å². The predicted molar refractivity (Wildman–Crippen MR) is 78.7 cm³/mol. The molecule has 1 aliphatic heterocycles. The van der Waals surface area contributed by atoms with E-state index in [2.05, 4.69) is 0 Å². The first kappa shape index (κ1) is 13.2. The van der Waals surface area contributed by atoms with Gasteiger partial charge in [-0.3, -0.25) is 4.79 Å². The maximum atomic E-state index is 12.5. The second kappa shape index (κ2) is 4.63. The van der Waals surface area contributed by atoms with Crippen LogP contribution in [0.5, 0.6) is 0 Å². The van der Waals surface area contributed by atoms with E-state index in [0.717, 1.165) is 29.3 Å². The number of hydrogen-bond donors (Lipinski definition) is 1. The summed E-state index contributed by atoms with van der Waals surface area (Å²) in [4.78, 5) is 14.3. The number of amides is 1. The molecule has 20 heavy (non-hydrogen) atoms. The molecule has 2 heterocycles. The minimum absolute atomic E-state index is 0.0163. The number of carbonyl (C=O) groups is 1. The third-order valence-electron chi connectivity index (χ3n) is 4.10. The Hall–Kier alpha value is -1.81. The maximum Gasteiger partial charge on any atom is 0.256 e. The molecule has 0 atom stereocenters. The molecule has 3 rings (SSSR count). The van der Waals surface area contributed by atoms with E-state index in [1.54, 1.807) is 4.90 Å². The van der Waals surface area contributed by atoms with Crippen LogP contribution in [-0.4, -0.2) is 39.2 Å². The summed E-state index contributed by atoms with van der Waals surface area (Å²) < 4.78 is 1.97. The molecule has 0 unspecified atom stereocenters. The largest absolute Gasteiger partial charge is 0.386 e. The molecular weight excluding hydrogens is 252 g/mol. The fourth-order valence-electron chi connectivity index (χ4n) is 3.11. The highest BCUT2D eigenvalue weighted by Gasteiger charge is 2.43. The van der Waals surface area contributed by atoms with Gasteiger partial charge in [-0.1, -0.05) is 31.5 Å². The van der Waals surface area contributed by atoms with E-state index in [1.807, 2.05) is 49.0 Å². The molecule has 1 aromatic heterocycles. The Balaban J connectivity index is 1.85. The number of likely N-dealkylation sites (tertiary alicyclic amines) is 1. The molecule has 1 N–H and O–H groups in total. The molecule has 2 aromatic rings. The maximum absolute atomic E-state index is 12.5. The number of benzene rings is 1. The Morgan fingerprint density at radius 2 is 2.05 bits per heavy atom. The van der Waals surface area contributed by atoms with Crippen molar-refractivity contribution in [2.75, 3.05) is 13.1 Å². The summed E-state index contributed by atoms with van der Waals surface area (Å²) in [6.07, 6.45) is 3.57. The highest BCUT2D eigenvalue weighted by atomic mass is 16.3. The Labute approximate surface area is 118 Å². The fraction of sp³-hybridized carbons (Fsp3) is 0.438. The lowest BCUT2D eigenvalue weighted by Gasteiger charge is -2.46. The second-order valence-corrected chi connectivity index (χ2v) is 5.81. The van der Waals surface area contributed by atoms with Gasteiger partial charge in [-0.25, -0.2) is 0 Å².